The molecule has 2 aliphatic rings. The fourth-order valence-corrected chi connectivity index (χ4v) is 3.55. The van der Waals surface area contributed by atoms with Crippen molar-refractivity contribution < 1.29 is 14.3 Å². The Hall–Kier alpha value is -1.54. The predicted molar refractivity (Wildman–Crippen MR) is 114 cm³/mol. The van der Waals surface area contributed by atoms with Crippen LogP contribution in [0.4, 0.5) is 5.69 Å². The molecule has 2 fully saturated rings. The van der Waals surface area contributed by atoms with Gasteiger partial charge < -0.3 is 25.2 Å². The maximum atomic E-state index is 12.5. The van der Waals surface area contributed by atoms with E-state index in [4.69, 9.17) is 4.74 Å². The zero-order valence-electron chi connectivity index (χ0n) is 16.3. The predicted octanol–water partition coefficient (Wildman–Crippen LogP) is 1.19. The summed E-state index contributed by atoms with van der Waals surface area (Å²) in [5.74, 6) is 0.0925. The molecule has 2 atom stereocenters. The summed E-state index contributed by atoms with van der Waals surface area (Å²) in [4.78, 5) is 28.1. The summed E-state index contributed by atoms with van der Waals surface area (Å²) in [6.45, 7) is 8.42. The van der Waals surface area contributed by atoms with Crippen LogP contribution < -0.4 is 15.5 Å². The minimum atomic E-state index is -0.310. The van der Waals surface area contributed by atoms with Crippen molar-refractivity contribution in [1.82, 2.24) is 15.5 Å². The number of nitrogens with one attached hydrogen (secondary N) is 2. The van der Waals surface area contributed by atoms with Gasteiger partial charge >= 0.3 is 0 Å². The van der Waals surface area contributed by atoms with Crippen molar-refractivity contribution >= 4 is 42.3 Å². The number of halogens is 2. The van der Waals surface area contributed by atoms with Gasteiger partial charge in [0.25, 0.3) is 0 Å². The summed E-state index contributed by atoms with van der Waals surface area (Å²) in [7, 11) is 0. The van der Waals surface area contributed by atoms with E-state index >= 15 is 0 Å². The average molecular weight is 433 g/mol. The minimum absolute atomic E-state index is 0. The minimum Gasteiger partial charge on any atom is -0.375 e. The van der Waals surface area contributed by atoms with E-state index in [2.05, 4.69) is 21.6 Å². The molecule has 0 spiro atoms. The Kier molecular flexibility index (Phi) is 10.0. The summed E-state index contributed by atoms with van der Waals surface area (Å²) in [5.41, 5.74) is 2.21. The van der Waals surface area contributed by atoms with Crippen molar-refractivity contribution in [3.8, 4) is 0 Å². The normalized spacial score (nSPS) is 21.9. The molecule has 9 heteroatoms. The second-order valence-electron chi connectivity index (χ2n) is 6.85. The molecule has 7 nitrogen and oxygen atoms in total. The molecule has 3 rings (SSSR count). The first-order chi connectivity index (χ1) is 12.6. The number of anilines is 1. The molecule has 2 saturated heterocycles. The average Bonchev–Trinajstić information content (AvgIpc) is 2.67. The van der Waals surface area contributed by atoms with Crippen molar-refractivity contribution in [2.24, 2.45) is 0 Å². The highest BCUT2D eigenvalue weighted by molar-refractivity contribution is 5.85. The SMILES string of the molecule is CC(=O)N1CCN(c2ccccc2CNC(=O)[C@H]2NCCO[C@@H]2C)CC1.Cl.Cl. The Labute approximate surface area is 179 Å². The lowest BCUT2D eigenvalue weighted by Crippen LogP contribution is -2.55. The van der Waals surface area contributed by atoms with Gasteiger partial charge in [-0.3, -0.25) is 9.59 Å². The van der Waals surface area contributed by atoms with Crippen LogP contribution >= 0.6 is 24.8 Å². The number of piperazine rings is 1. The number of rotatable bonds is 4. The third kappa shape index (κ3) is 5.98. The molecular formula is C19H30Cl2N4O3. The van der Waals surface area contributed by atoms with Crippen molar-refractivity contribution in [1.29, 1.82) is 0 Å². The first kappa shape index (κ1) is 24.5. The van der Waals surface area contributed by atoms with E-state index in [1.165, 1.54) is 0 Å². The van der Waals surface area contributed by atoms with Crippen molar-refractivity contribution in [2.45, 2.75) is 32.5 Å². The van der Waals surface area contributed by atoms with E-state index in [1.807, 2.05) is 30.0 Å². The molecule has 2 heterocycles. The first-order valence-electron chi connectivity index (χ1n) is 9.27. The lowest BCUT2D eigenvalue weighted by Gasteiger charge is -2.36. The molecular weight excluding hydrogens is 403 g/mol. The quantitative estimate of drug-likeness (QED) is 0.747. The van der Waals surface area contributed by atoms with E-state index in [9.17, 15) is 9.59 Å². The molecule has 1 aromatic rings. The number of benzene rings is 1. The van der Waals surface area contributed by atoms with E-state index in [1.54, 1.807) is 6.92 Å². The van der Waals surface area contributed by atoms with Crippen molar-refractivity contribution in [3.63, 3.8) is 0 Å². The van der Waals surface area contributed by atoms with Gasteiger partial charge in [-0.2, -0.15) is 0 Å². The van der Waals surface area contributed by atoms with Gasteiger partial charge in [0.1, 0.15) is 6.04 Å². The molecule has 2 amide bonds. The van der Waals surface area contributed by atoms with E-state index in [0.29, 0.717) is 19.7 Å². The summed E-state index contributed by atoms with van der Waals surface area (Å²) < 4.78 is 5.55. The molecule has 0 aromatic heterocycles. The Balaban J connectivity index is 0.00000196. The van der Waals surface area contributed by atoms with Crippen LogP contribution in [0.1, 0.15) is 19.4 Å². The van der Waals surface area contributed by atoms with Gasteiger partial charge in [0.15, 0.2) is 0 Å². The van der Waals surface area contributed by atoms with E-state index < -0.39 is 0 Å². The summed E-state index contributed by atoms with van der Waals surface area (Å²) in [6.07, 6.45) is -0.126. The molecule has 1 aromatic carbocycles. The van der Waals surface area contributed by atoms with Crippen LogP contribution in [0.15, 0.2) is 24.3 Å². The molecule has 0 radical (unpaired) electrons. The maximum absolute atomic E-state index is 12.5. The number of nitrogens with zero attached hydrogens (tertiary/aromatic N) is 2. The summed E-state index contributed by atoms with van der Waals surface area (Å²) in [5, 5.41) is 6.25. The zero-order chi connectivity index (χ0) is 18.5. The first-order valence-corrected chi connectivity index (χ1v) is 9.27. The molecule has 28 heavy (non-hydrogen) atoms. The van der Waals surface area contributed by atoms with Crippen LogP contribution in [-0.4, -0.2) is 68.2 Å². The third-order valence-electron chi connectivity index (χ3n) is 5.11. The molecule has 2 N–H and O–H groups in total. The Bertz CT molecular complexity index is 654. The Morgan fingerprint density at radius 2 is 1.86 bits per heavy atom. The molecule has 0 unspecified atom stereocenters. The van der Waals surface area contributed by atoms with Gasteiger partial charge in [-0.1, -0.05) is 18.2 Å². The third-order valence-corrected chi connectivity index (χ3v) is 5.11. The lowest BCUT2D eigenvalue weighted by atomic mass is 10.1. The van der Waals surface area contributed by atoms with Crippen LogP contribution in [0.2, 0.25) is 0 Å². The summed E-state index contributed by atoms with van der Waals surface area (Å²) >= 11 is 0. The van der Waals surface area contributed by atoms with Crippen LogP contribution in [0.5, 0.6) is 0 Å². The monoisotopic (exact) mass is 432 g/mol. The molecule has 2 aliphatic heterocycles. The fourth-order valence-electron chi connectivity index (χ4n) is 3.55. The van der Waals surface area contributed by atoms with Gasteiger partial charge in [-0.05, 0) is 18.6 Å². The smallest absolute Gasteiger partial charge is 0.240 e. The van der Waals surface area contributed by atoms with Gasteiger partial charge in [0.05, 0.1) is 12.7 Å². The zero-order valence-corrected chi connectivity index (χ0v) is 18.0. The van der Waals surface area contributed by atoms with Gasteiger partial charge in [-0.25, -0.2) is 0 Å². The number of carbonyl (C=O) groups excluding carboxylic acids is 2. The lowest BCUT2D eigenvalue weighted by molar-refractivity contribution is -0.130. The molecule has 0 bridgehead atoms. The summed E-state index contributed by atoms with van der Waals surface area (Å²) in [6, 6.07) is 7.81. The number of hydrogen-bond acceptors (Lipinski definition) is 5. The van der Waals surface area contributed by atoms with Crippen LogP contribution in [0, 0.1) is 0 Å². The fraction of sp³-hybridized carbons (Fsp3) is 0.579. The number of para-hydroxylation sites is 1. The van der Waals surface area contributed by atoms with Gasteiger partial charge in [-0.15, -0.1) is 24.8 Å². The van der Waals surface area contributed by atoms with Crippen LogP contribution in [0.25, 0.3) is 0 Å². The molecule has 0 aliphatic carbocycles. The highest BCUT2D eigenvalue weighted by Gasteiger charge is 2.28. The van der Waals surface area contributed by atoms with Crippen LogP contribution in [-0.2, 0) is 20.9 Å². The van der Waals surface area contributed by atoms with Crippen molar-refractivity contribution in [3.05, 3.63) is 29.8 Å². The maximum Gasteiger partial charge on any atom is 0.240 e. The largest absolute Gasteiger partial charge is 0.375 e. The second-order valence-corrected chi connectivity index (χ2v) is 6.85. The molecule has 0 saturated carbocycles. The molecule has 158 valence electrons. The number of ether oxygens (including phenoxy) is 1. The van der Waals surface area contributed by atoms with Crippen molar-refractivity contribution in [2.75, 3.05) is 44.2 Å². The van der Waals surface area contributed by atoms with Crippen LogP contribution in [0.3, 0.4) is 0 Å². The van der Waals surface area contributed by atoms with E-state index in [0.717, 1.165) is 37.4 Å². The van der Waals surface area contributed by atoms with Gasteiger partial charge in [0, 0.05) is 51.9 Å². The number of amides is 2. The highest BCUT2D eigenvalue weighted by Crippen LogP contribution is 2.22. The number of carbonyl (C=O) groups is 2. The topological polar surface area (TPSA) is 73.9 Å². The highest BCUT2D eigenvalue weighted by atomic mass is 35.5. The second kappa shape index (κ2) is 11.5. The Morgan fingerprint density at radius 1 is 1.18 bits per heavy atom. The standard InChI is InChI=1S/C19H28N4O3.2ClH/c1-14-18(20-7-12-26-14)19(25)21-13-16-5-3-4-6-17(16)23-10-8-22(9-11-23)15(2)24;;/h3-6,14,18,20H,7-13H2,1-2H3,(H,21,25);2*1H/t14-,18+;;/m1../s1. The van der Waals surface area contributed by atoms with Gasteiger partial charge in [0.2, 0.25) is 11.8 Å². The Morgan fingerprint density at radius 3 is 2.50 bits per heavy atom. The van der Waals surface area contributed by atoms with E-state index in [-0.39, 0.29) is 48.8 Å². The number of hydrogen-bond donors (Lipinski definition) is 2. The number of morpholine rings is 1.